The van der Waals surface area contributed by atoms with Gasteiger partial charge in [-0.15, -0.1) is 0 Å². The lowest BCUT2D eigenvalue weighted by Crippen LogP contribution is -2.20. The van der Waals surface area contributed by atoms with Crippen LogP contribution in [0.15, 0.2) is 34.7 Å². The number of furan rings is 1. The van der Waals surface area contributed by atoms with E-state index in [1.165, 1.54) is 0 Å². The first-order chi connectivity index (χ1) is 8.99. The van der Waals surface area contributed by atoms with Crippen LogP contribution in [0.25, 0.3) is 0 Å². The number of carbonyl (C=O) groups is 1. The molecule has 0 unspecified atom stereocenters. The lowest BCUT2D eigenvalue weighted by atomic mass is 10.1. The molecule has 0 fully saturated rings. The molecule has 19 heavy (non-hydrogen) atoms. The topological polar surface area (TPSA) is 85.5 Å². The van der Waals surface area contributed by atoms with Gasteiger partial charge in [-0.1, -0.05) is 6.07 Å². The second-order valence-electron chi connectivity index (χ2n) is 4.47. The number of primary amides is 1. The molecule has 100 valence electrons. The van der Waals surface area contributed by atoms with E-state index in [1.807, 2.05) is 37.1 Å². The van der Waals surface area contributed by atoms with Crippen LogP contribution in [-0.2, 0) is 6.54 Å². The summed E-state index contributed by atoms with van der Waals surface area (Å²) >= 11 is 0. The summed E-state index contributed by atoms with van der Waals surface area (Å²) in [6, 6.07) is 9.05. The monoisotopic (exact) mass is 259 g/mol. The van der Waals surface area contributed by atoms with Crippen molar-refractivity contribution in [3.05, 3.63) is 47.4 Å². The number of benzene rings is 1. The summed E-state index contributed by atoms with van der Waals surface area (Å²) in [6.45, 7) is 2.46. The molecule has 2 aromatic rings. The third-order valence-electron chi connectivity index (χ3n) is 2.95. The van der Waals surface area contributed by atoms with Gasteiger partial charge in [-0.25, -0.2) is 0 Å². The van der Waals surface area contributed by atoms with E-state index >= 15 is 0 Å². The molecule has 0 spiro atoms. The van der Waals surface area contributed by atoms with Crippen LogP contribution in [0.1, 0.15) is 21.9 Å². The van der Waals surface area contributed by atoms with Crippen molar-refractivity contribution in [3.8, 4) is 0 Å². The van der Waals surface area contributed by atoms with E-state index < -0.39 is 5.91 Å². The van der Waals surface area contributed by atoms with Crippen LogP contribution in [0.5, 0.6) is 0 Å². The summed E-state index contributed by atoms with van der Waals surface area (Å²) in [5.74, 6) is 1.17. The van der Waals surface area contributed by atoms with Crippen molar-refractivity contribution in [2.75, 3.05) is 17.7 Å². The van der Waals surface area contributed by atoms with E-state index in [2.05, 4.69) is 0 Å². The minimum absolute atomic E-state index is 0.333. The van der Waals surface area contributed by atoms with Crippen molar-refractivity contribution in [2.24, 2.45) is 5.73 Å². The molecule has 0 aliphatic carbocycles. The number of nitrogens with two attached hydrogens (primary N) is 2. The second-order valence-corrected chi connectivity index (χ2v) is 4.47. The predicted octanol–water partition coefficient (Wildman–Crippen LogP) is 1.91. The van der Waals surface area contributed by atoms with Gasteiger partial charge in [0, 0.05) is 7.05 Å². The molecule has 2 rings (SSSR count). The van der Waals surface area contributed by atoms with Gasteiger partial charge >= 0.3 is 0 Å². The summed E-state index contributed by atoms with van der Waals surface area (Å²) in [4.78, 5) is 13.2. The number of nitrogen functional groups attached to an aromatic ring is 1. The van der Waals surface area contributed by atoms with E-state index in [0.717, 1.165) is 17.2 Å². The first-order valence-corrected chi connectivity index (χ1v) is 5.94. The molecule has 5 heteroatoms. The first kappa shape index (κ1) is 13.0. The fraction of sp³-hybridized carbons (Fsp3) is 0.214. The van der Waals surface area contributed by atoms with Crippen LogP contribution in [0.3, 0.4) is 0 Å². The number of anilines is 2. The maximum Gasteiger partial charge on any atom is 0.250 e. The van der Waals surface area contributed by atoms with Crippen LogP contribution < -0.4 is 16.4 Å². The standard InChI is InChI=1S/C14H17N3O2/c1-9-6-7-10(19-9)8-17(2)12-5-3-4-11(13(12)15)14(16)18/h3-7H,8,15H2,1-2H3,(H2,16,18). The molecule has 0 bridgehead atoms. The lowest BCUT2D eigenvalue weighted by molar-refractivity contribution is 0.100. The molecule has 0 saturated carbocycles. The maximum absolute atomic E-state index is 11.3. The number of para-hydroxylation sites is 1. The molecule has 0 radical (unpaired) electrons. The van der Waals surface area contributed by atoms with Gasteiger partial charge in [-0.2, -0.15) is 0 Å². The Morgan fingerprint density at radius 1 is 1.32 bits per heavy atom. The minimum Gasteiger partial charge on any atom is -0.464 e. The maximum atomic E-state index is 11.3. The second kappa shape index (κ2) is 5.06. The van der Waals surface area contributed by atoms with E-state index in [0.29, 0.717) is 17.8 Å². The van der Waals surface area contributed by atoms with Gasteiger partial charge in [0.05, 0.1) is 23.5 Å². The van der Waals surface area contributed by atoms with E-state index in [9.17, 15) is 4.79 Å². The molecule has 1 heterocycles. The molecular weight excluding hydrogens is 242 g/mol. The Labute approximate surface area is 111 Å². The summed E-state index contributed by atoms with van der Waals surface area (Å²) in [5, 5.41) is 0. The Morgan fingerprint density at radius 3 is 2.63 bits per heavy atom. The number of nitrogens with zero attached hydrogens (tertiary/aromatic N) is 1. The number of rotatable bonds is 4. The van der Waals surface area contributed by atoms with Gasteiger partial charge in [0.25, 0.3) is 5.91 Å². The molecule has 1 aromatic heterocycles. The molecule has 1 amide bonds. The molecule has 0 aliphatic rings. The number of aryl methyl sites for hydroxylation is 1. The summed E-state index contributed by atoms with van der Waals surface area (Å²) in [7, 11) is 1.88. The van der Waals surface area contributed by atoms with Gasteiger partial charge < -0.3 is 20.8 Å². The van der Waals surface area contributed by atoms with E-state index in [1.54, 1.807) is 12.1 Å². The Bertz CT molecular complexity index is 604. The fourth-order valence-corrected chi connectivity index (χ4v) is 1.99. The lowest BCUT2D eigenvalue weighted by Gasteiger charge is -2.20. The normalized spacial score (nSPS) is 10.4. The van der Waals surface area contributed by atoms with Gasteiger partial charge in [-0.05, 0) is 31.2 Å². The number of hydrogen-bond donors (Lipinski definition) is 2. The van der Waals surface area contributed by atoms with Crippen LogP contribution in [0, 0.1) is 6.92 Å². The Hall–Kier alpha value is -2.43. The highest BCUT2D eigenvalue weighted by molar-refractivity contribution is 6.00. The third kappa shape index (κ3) is 2.70. The molecule has 0 saturated heterocycles. The SMILES string of the molecule is Cc1ccc(CN(C)c2cccc(C(N)=O)c2N)o1. The van der Waals surface area contributed by atoms with E-state index in [4.69, 9.17) is 15.9 Å². The van der Waals surface area contributed by atoms with Gasteiger partial charge in [0.15, 0.2) is 0 Å². The highest BCUT2D eigenvalue weighted by Gasteiger charge is 2.13. The zero-order chi connectivity index (χ0) is 14.0. The van der Waals surface area contributed by atoms with Gasteiger partial charge in [0.2, 0.25) is 0 Å². The van der Waals surface area contributed by atoms with Crippen LogP contribution >= 0.6 is 0 Å². The average Bonchev–Trinajstić information content (AvgIpc) is 2.74. The Kier molecular flexibility index (Phi) is 3.46. The van der Waals surface area contributed by atoms with Gasteiger partial charge in [-0.3, -0.25) is 4.79 Å². The fourth-order valence-electron chi connectivity index (χ4n) is 1.99. The minimum atomic E-state index is -0.526. The van der Waals surface area contributed by atoms with Crippen molar-refractivity contribution in [1.82, 2.24) is 0 Å². The summed E-state index contributed by atoms with van der Waals surface area (Å²) in [6.07, 6.45) is 0. The molecule has 1 aromatic carbocycles. The molecule has 0 atom stereocenters. The van der Waals surface area contributed by atoms with Crippen molar-refractivity contribution in [2.45, 2.75) is 13.5 Å². The van der Waals surface area contributed by atoms with Crippen LogP contribution in [0.2, 0.25) is 0 Å². The summed E-state index contributed by atoms with van der Waals surface area (Å²) < 4.78 is 5.52. The van der Waals surface area contributed by atoms with Crippen LogP contribution in [0.4, 0.5) is 11.4 Å². The summed E-state index contributed by atoms with van der Waals surface area (Å²) in [5.41, 5.74) is 12.7. The van der Waals surface area contributed by atoms with Gasteiger partial charge in [0.1, 0.15) is 11.5 Å². The van der Waals surface area contributed by atoms with Crippen molar-refractivity contribution in [3.63, 3.8) is 0 Å². The zero-order valence-corrected chi connectivity index (χ0v) is 11.0. The molecule has 5 nitrogen and oxygen atoms in total. The quantitative estimate of drug-likeness (QED) is 0.821. The van der Waals surface area contributed by atoms with Crippen LogP contribution in [-0.4, -0.2) is 13.0 Å². The Balaban J connectivity index is 2.26. The molecule has 4 N–H and O–H groups in total. The smallest absolute Gasteiger partial charge is 0.250 e. The van der Waals surface area contributed by atoms with Crippen molar-refractivity contribution < 1.29 is 9.21 Å². The van der Waals surface area contributed by atoms with E-state index in [-0.39, 0.29) is 0 Å². The molecule has 0 aliphatic heterocycles. The first-order valence-electron chi connectivity index (χ1n) is 5.94. The average molecular weight is 259 g/mol. The highest BCUT2D eigenvalue weighted by atomic mass is 16.3. The highest BCUT2D eigenvalue weighted by Crippen LogP contribution is 2.27. The zero-order valence-electron chi connectivity index (χ0n) is 11.0. The number of carbonyl (C=O) groups excluding carboxylic acids is 1. The number of amides is 1. The third-order valence-corrected chi connectivity index (χ3v) is 2.95. The largest absolute Gasteiger partial charge is 0.464 e. The van der Waals surface area contributed by atoms with Crippen molar-refractivity contribution >= 4 is 17.3 Å². The Morgan fingerprint density at radius 2 is 2.05 bits per heavy atom. The predicted molar refractivity (Wildman–Crippen MR) is 74.9 cm³/mol. The molecular formula is C14H17N3O2. The van der Waals surface area contributed by atoms with Crippen molar-refractivity contribution in [1.29, 1.82) is 0 Å². The number of hydrogen-bond acceptors (Lipinski definition) is 4.